The third-order valence-electron chi connectivity index (χ3n) is 6.99. The van der Waals surface area contributed by atoms with Gasteiger partial charge in [-0.1, -0.05) is 48.0 Å². The van der Waals surface area contributed by atoms with E-state index in [2.05, 4.69) is 0 Å². The van der Waals surface area contributed by atoms with Gasteiger partial charge in [-0.25, -0.2) is 4.68 Å². The number of nitriles is 1. The smallest absolute Gasteiger partial charge is 0.302 e. The molecule has 0 radical (unpaired) electrons. The maximum absolute atomic E-state index is 13.6. The zero-order valence-electron chi connectivity index (χ0n) is 24.0. The van der Waals surface area contributed by atoms with E-state index in [0.717, 1.165) is 21.7 Å². The number of amides is 2. The Morgan fingerprint density at radius 1 is 1.00 bits per heavy atom. The Kier molecular flexibility index (Phi) is 9.03. The molecule has 9 nitrogen and oxygen atoms in total. The van der Waals surface area contributed by atoms with Crippen LogP contribution in [0.15, 0.2) is 102 Å². The van der Waals surface area contributed by atoms with Gasteiger partial charge in [-0.05, 0) is 61.0 Å². The van der Waals surface area contributed by atoms with Crippen molar-refractivity contribution in [3.63, 3.8) is 0 Å². The highest BCUT2D eigenvalue weighted by atomic mass is 35.5. The maximum atomic E-state index is 13.6. The minimum atomic E-state index is -0.730. The normalized spacial score (nSPS) is 14.1. The predicted octanol–water partition coefficient (Wildman–Crippen LogP) is 5.93. The van der Waals surface area contributed by atoms with Crippen LogP contribution in [-0.4, -0.2) is 45.6 Å². The second-order valence-electron chi connectivity index (χ2n) is 9.89. The Labute approximate surface area is 259 Å². The van der Waals surface area contributed by atoms with E-state index in [4.69, 9.17) is 26.2 Å². The van der Waals surface area contributed by atoms with E-state index in [-0.39, 0.29) is 29.9 Å². The molecule has 3 aromatic carbocycles. The number of carbonyl (C=O) groups excluding carboxylic acids is 3. The number of hydrogen-bond donors (Lipinski definition) is 0. The SMILES string of the molecule is CC(=O)OCCN1C(=O)C(C#N)=C(C)/C(=C\c2cn(-c3ccccc3)nc2-c2ccc(OCc3ccccc3Cl)cc2)C1=O. The van der Waals surface area contributed by atoms with Gasteiger partial charge in [0.2, 0.25) is 0 Å². The van der Waals surface area contributed by atoms with Crippen molar-refractivity contribution in [3.8, 4) is 28.8 Å². The summed E-state index contributed by atoms with van der Waals surface area (Å²) >= 11 is 6.26. The minimum Gasteiger partial charge on any atom is -0.489 e. The van der Waals surface area contributed by atoms with Crippen molar-refractivity contribution in [3.05, 3.63) is 118 Å². The molecule has 0 spiro atoms. The number of para-hydroxylation sites is 1. The Bertz CT molecular complexity index is 1840. The first-order valence-corrected chi connectivity index (χ1v) is 14.1. The predicted molar refractivity (Wildman–Crippen MR) is 164 cm³/mol. The molecule has 0 atom stereocenters. The van der Waals surface area contributed by atoms with Crippen LogP contribution in [-0.2, 0) is 25.7 Å². The number of benzene rings is 3. The van der Waals surface area contributed by atoms with Crippen LogP contribution in [0.4, 0.5) is 0 Å². The van der Waals surface area contributed by atoms with E-state index >= 15 is 0 Å². The number of imide groups is 1. The van der Waals surface area contributed by atoms with Crippen molar-refractivity contribution in [2.75, 3.05) is 13.2 Å². The van der Waals surface area contributed by atoms with Crippen molar-refractivity contribution >= 4 is 35.5 Å². The second-order valence-corrected chi connectivity index (χ2v) is 10.3. The van der Waals surface area contributed by atoms with E-state index in [1.807, 2.05) is 84.9 Å². The average molecular weight is 607 g/mol. The summed E-state index contributed by atoms with van der Waals surface area (Å²) in [5.74, 6) is -1.23. The highest BCUT2D eigenvalue weighted by molar-refractivity contribution is 6.31. The minimum absolute atomic E-state index is 0.157. The Morgan fingerprint density at radius 2 is 1.70 bits per heavy atom. The topological polar surface area (TPSA) is 115 Å². The van der Waals surface area contributed by atoms with Crippen LogP contribution >= 0.6 is 11.6 Å². The number of aromatic nitrogens is 2. The summed E-state index contributed by atoms with van der Waals surface area (Å²) in [6.45, 7) is 2.74. The van der Waals surface area contributed by atoms with Crippen LogP contribution in [0.3, 0.4) is 0 Å². The van der Waals surface area contributed by atoms with Gasteiger partial charge in [-0.15, -0.1) is 0 Å². The average Bonchev–Trinajstić information content (AvgIpc) is 3.45. The molecule has 2 heterocycles. The summed E-state index contributed by atoms with van der Waals surface area (Å²) in [7, 11) is 0. The molecule has 0 unspecified atom stereocenters. The lowest BCUT2D eigenvalue weighted by Gasteiger charge is -2.27. The molecule has 0 N–H and O–H groups in total. The zero-order chi connectivity index (χ0) is 31.2. The molecular formula is C34H27ClN4O5. The van der Waals surface area contributed by atoms with E-state index < -0.39 is 17.8 Å². The van der Waals surface area contributed by atoms with Gasteiger partial charge in [-0.3, -0.25) is 19.3 Å². The van der Waals surface area contributed by atoms with Gasteiger partial charge in [0, 0.05) is 40.4 Å². The molecule has 1 aromatic heterocycles. The summed E-state index contributed by atoms with van der Waals surface area (Å²) < 4.78 is 12.6. The summed E-state index contributed by atoms with van der Waals surface area (Å²) in [5, 5.41) is 15.2. The second kappa shape index (κ2) is 13.2. The fourth-order valence-electron chi connectivity index (χ4n) is 4.68. The Morgan fingerprint density at radius 3 is 2.39 bits per heavy atom. The lowest BCUT2D eigenvalue weighted by molar-refractivity contribution is -0.147. The summed E-state index contributed by atoms with van der Waals surface area (Å²) in [5.41, 5.74) is 3.85. The van der Waals surface area contributed by atoms with Crippen LogP contribution in [0.1, 0.15) is 25.0 Å². The van der Waals surface area contributed by atoms with Crippen LogP contribution in [0, 0.1) is 11.3 Å². The van der Waals surface area contributed by atoms with Gasteiger partial charge in [0.1, 0.15) is 30.6 Å². The van der Waals surface area contributed by atoms with E-state index in [0.29, 0.717) is 28.6 Å². The molecule has 0 bridgehead atoms. The fraction of sp³-hybridized carbons (Fsp3) is 0.147. The first-order valence-electron chi connectivity index (χ1n) is 13.7. The number of hydrogen-bond acceptors (Lipinski definition) is 7. The monoisotopic (exact) mass is 606 g/mol. The lowest BCUT2D eigenvalue weighted by Crippen LogP contribution is -2.44. The molecular weight excluding hydrogens is 580 g/mol. The van der Waals surface area contributed by atoms with Gasteiger partial charge in [-0.2, -0.15) is 10.4 Å². The Hall–Kier alpha value is -5.46. The highest BCUT2D eigenvalue weighted by Crippen LogP contribution is 2.32. The number of rotatable bonds is 9. The van der Waals surface area contributed by atoms with Crippen LogP contribution < -0.4 is 4.74 Å². The van der Waals surface area contributed by atoms with Gasteiger partial charge in [0.15, 0.2) is 0 Å². The number of ether oxygens (including phenoxy) is 2. The molecule has 1 aliphatic rings. The molecule has 2 amide bonds. The first-order chi connectivity index (χ1) is 21.3. The molecule has 1 aliphatic heterocycles. The van der Waals surface area contributed by atoms with Crippen molar-refractivity contribution in [2.24, 2.45) is 0 Å². The summed E-state index contributed by atoms with van der Waals surface area (Å²) in [4.78, 5) is 38.7. The number of esters is 1. The zero-order valence-corrected chi connectivity index (χ0v) is 24.7. The van der Waals surface area contributed by atoms with E-state index in [9.17, 15) is 19.6 Å². The highest BCUT2D eigenvalue weighted by Gasteiger charge is 2.35. The van der Waals surface area contributed by atoms with Gasteiger partial charge >= 0.3 is 5.97 Å². The van der Waals surface area contributed by atoms with E-state index in [1.54, 1.807) is 23.9 Å². The van der Waals surface area contributed by atoms with Gasteiger partial charge in [0.05, 0.1) is 17.9 Å². The molecule has 220 valence electrons. The molecule has 4 aromatic rings. The van der Waals surface area contributed by atoms with Crippen LogP contribution in [0.2, 0.25) is 5.02 Å². The number of carbonyl (C=O) groups is 3. The van der Waals surface area contributed by atoms with Crippen molar-refractivity contribution in [1.29, 1.82) is 5.26 Å². The van der Waals surface area contributed by atoms with Gasteiger partial charge < -0.3 is 9.47 Å². The summed E-state index contributed by atoms with van der Waals surface area (Å²) in [6.07, 6.45) is 3.41. The van der Waals surface area contributed by atoms with Gasteiger partial charge in [0.25, 0.3) is 11.8 Å². The third kappa shape index (κ3) is 6.46. The largest absolute Gasteiger partial charge is 0.489 e. The quantitative estimate of drug-likeness (QED) is 0.132. The Balaban J connectivity index is 1.52. The van der Waals surface area contributed by atoms with Crippen molar-refractivity contribution in [1.82, 2.24) is 14.7 Å². The van der Waals surface area contributed by atoms with E-state index in [1.165, 1.54) is 6.92 Å². The van der Waals surface area contributed by atoms with Crippen LogP contribution in [0.25, 0.3) is 23.0 Å². The lowest BCUT2D eigenvalue weighted by atomic mass is 9.93. The molecule has 5 rings (SSSR count). The first kappa shape index (κ1) is 30.0. The molecule has 0 fully saturated rings. The summed E-state index contributed by atoms with van der Waals surface area (Å²) in [6, 6.07) is 26.3. The van der Waals surface area contributed by atoms with Crippen molar-refractivity contribution in [2.45, 2.75) is 20.5 Å². The molecule has 0 saturated heterocycles. The molecule has 0 aliphatic carbocycles. The molecule has 10 heteroatoms. The van der Waals surface area contributed by atoms with Crippen molar-refractivity contribution < 1.29 is 23.9 Å². The third-order valence-corrected chi connectivity index (χ3v) is 7.36. The standard InChI is InChI=1S/C34H27ClN4O5/c1-22-29(33(41)38(16-17-43-23(2)40)34(42)30(22)19-36)18-26-20-39(27-9-4-3-5-10-27)37-32(26)24-12-14-28(15-13-24)44-21-25-8-6-7-11-31(25)35/h3-15,18,20H,16-17,21H2,1-2H3/b29-18+. The fourth-order valence-corrected chi connectivity index (χ4v) is 4.88. The number of nitrogens with zero attached hydrogens (tertiary/aromatic N) is 4. The molecule has 44 heavy (non-hydrogen) atoms. The molecule has 0 saturated carbocycles. The van der Waals surface area contributed by atoms with Crippen LogP contribution in [0.5, 0.6) is 5.75 Å². The maximum Gasteiger partial charge on any atom is 0.302 e. The number of halogens is 1.